The van der Waals surface area contributed by atoms with Gasteiger partial charge in [-0.15, -0.1) is 0 Å². The summed E-state index contributed by atoms with van der Waals surface area (Å²) in [5.41, 5.74) is 4.70. The predicted octanol–water partition coefficient (Wildman–Crippen LogP) is 1.51. The molecule has 0 radical (unpaired) electrons. The van der Waals surface area contributed by atoms with Gasteiger partial charge in [-0.2, -0.15) is 11.8 Å². The molecule has 1 amide bonds. The monoisotopic (exact) mass is 286 g/mol. The van der Waals surface area contributed by atoms with Crippen LogP contribution in [0.1, 0.15) is 0 Å². The molecule has 1 atom stereocenters. The Labute approximate surface area is 123 Å². The van der Waals surface area contributed by atoms with Gasteiger partial charge in [-0.25, -0.2) is 0 Å². The molecule has 104 valence electrons. The summed E-state index contributed by atoms with van der Waals surface area (Å²) in [5, 5.41) is 3.06. The fourth-order valence-electron chi connectivity index (χ4n) is 3.10. The average Bonchev–Trinajstić information content (AvgIpc) is 2.95. The van der Waals surface area contributed by atoms with E-state index in [1.165, 1.54) is 22.7 Å². The van der Waals surface area contributed by atoms with Gasteiger partial charge in [0.1, 0.15) is 0 Å². The lowest BCUT2D eigenvalue weighted by atomic mass is 10.0. The minimum Gasteiger partial charge on any atom is -0.351 e. The second-order valence-electron chi connectivity index (χ2n) is 5.61. The highest BCUT2D eigenvalue weighted by atomic mass is 32.2. The first-order valence-corrected chi connectivity index (χ1v) is 8.43. The Balaban J connectivity index is 1.29. The van der Waals surface area contributed by atoms with E-state index in [9.17, 15) is 4.79 Å². The number of carbonyl (C=O) groups is 1. The van der Waals surface area contributed by atoms with Crippen molar-refractivity contribution in [2.45, 2.75) is 0 Å². The summed E-state index contributed by atoms with van der Waals surface area (Å²) < 4.78 is 0. The number of hydrogen-bond acceptors (Lipinski definition) is 3. The molecule has 1 heterocycles. The molecular weight excluding hydrogens is 268 g/mol. The molecule has 0 bridgehead atoms. The fourth-order valence-corrected chi connectivity index (χ4v) is 4.08. The van der Waals surface area contributed by atoms with Crippen LogP contribution in [0.25, 0.3) is 0 Å². The Bertz CT molecular complexity index is 579. The molecule has 0 aromatic heterocycles. The number of nitrogens with zero attached hydrogens (tertiary/aromatic N) is 1. The maximum atomic E-state index is 12.3. The lowest BCUT2D eigenvalue weighted by Gasteiger charge is -2.26. The van der Waals surface area contributed by atoms with Crippen LogP contribution in [0.3, 0.4) is 0 Å². The molecule has 1 fully saturated rings. The molecular formula is C16H18N2OS. The molecule has 0 saturated carbocycles. The first-order valence-electron chi connectivity index (χ1n) is 7.27. The molecule has 0 aromatic rings. The van der Waals surface area contributed by atoms with Crippen LogP contribution in [0, 0.1) is 5.92 Å². The van der Waals surface area contributed by atoms with E-state index in [0.717, 1.165) is 37.3 Å². The number of rotatable bonds is 4. The molecule has 3 aliphatic carbocycles. The van der Waals surface area contributed by atoms with Crippen molar-refractivity contribution in [1.29, 1.82) is 0 Å². The third-order valence-corrected chi connectivity index (χ3v) is 5.29. The van der Waals surface area contributed by atoms with Crippen molar-refractivity contribution >= 4 is 17.7 Å². The topological polar surface area (TPSA) is 32.3 Å². The van der Waals surface area contributed by atoms with Gasteiger partial charge in [-0.3, -0.25) is 9.69 Å². The molecule has 4 rings (SSSR count). The third-order valence-electron chi connectivity index (χ3n) is 4.35. The standard InChI is InChI=1S/C16H18N2OS/c19-16(17-3-4-18-5-7-20-8-6-18)13-2-1-12-14-9-11(14)10-15(12)13/h1-2,9-10,14H,3-8H2,(H,17,19). The van der Waals surface area contributed by atoms with Crippen LogP contribution in [0.4, 0.5) is 0 Å². The maximum absolute atomic E-state index is 12.3. The van der Waals surface area contributed by atoms with Gasteiger partial charge >= 0.3 is 0 Å². The van der Waals surface area contributed by atoms with E-state index in [1.807, 2.05) is 17.8 Å². The Morgan fingerprint density at radius 2 is 2.20 bits per heavy atom. The Kier molecular flexibility index (Phi) is 3.08. The van der Waals surface area contributed by atoms with Crippen LogP contribution in [0.15, 0.2) is 46.6 Å². The van der Waals surface area contributed by atoms with E-state index in [1.54, 1.807) is 0 Å². The quantitative estimate of drug-likeness (QED) is 0.850. The van der Waals surface area contributed by atoms with Gasteiger partial charge in [-0.05, 0) is 28.9 Å². The molecule has 1 N–H and O–H groups in total. The first-order chi connectivity index (χ1) is 9.83. The minimum atomic E-state index is 0.0794. The van der Waals surface area contributed by atoms with E-state index < -0.39 is 0 Å². The number of allylic oxidation sites excluding steroid dienone is 6. The summed E-state index contributed by atoms with van der Waals surface area (Å²) in [6, 6.07) is 0. The first kappa shape index (κ1) is 12.5. The number of amides is 1. The van der Waals surface area contributed by atoms with Crippen LogP contribution in [-0.2, 0) is 4.79 Å². The summed E-state index contributed by atoms with van der Waals surface area (Å²) in [5.74, 6) is 3.04. The van der Waals surface area contributed by atoms with Gasteiger partial charge in [0.15, 0.2) is 0 Å². The summed E-state index contributed by atoms with van der Waals surface area (Å²) in [4.78, 5) is 14.7. The molecule has 4 aliphatic rings. The van der Waals surface area contributed by atoms with E-state index in [-0.39, 0.29) is 5.91 Å². The van der Waals surface area contributed by atoms with Gasteiger partial charge in [0, 0.05) is 49.2 Å². The van der Waals surface area contributed by atoms with Gasteiger partial charge < -0.3 is 5.32 Å². The number of nitrogens with one attached hydrogen (secondary N) is 1. The average molecular weight is 286 g/mol. The van der Waals surface area contributed by atoms with Crippen molar-refractivity contribution in [1.82, 2.24) is 10.2 Å². The van der Waals surface area contributed by atoms with Crippen molar-refractivity contribution < 1.29 is 4.79 Å². The molecule has 20 heavy (non-hydrogen) atoms. The van der Waals surface area contributed by atoms with Gasteiger partial charge in [0.25, 0.3) is 5.91 Å². The lowest BCUT2D eigenvalue weighted by molar-refractivity contribution is -0.117. The summed E-state index contributed by atoms with van der Waals surface area (Å²) in [6.07, 6.45) is 8.48. The van der Waals surface area contributed by atoms with E-state index >= 15 is 0 Å². The predicted molar refractivity (Wildman–Crippen MR) is 82.6 cm³/mol. The molecule has 1 saturated heterocycles. The summed E-state index contributed by atoms with van der Waals surface area (Å²) in [6.45, 7) is 4.01. The van der Waals surface area contributed by atoms with E-state index in [2.05, 4.69) is 28.4 Å². The second-order valence-corrected chi connectivity index (χ2v) is 6.84. The highest BCUT2D eigenvalue weighted by Crippen LogP contribution is 2.51. The van der Waals surface area contributed by atoms with Crippen molar-refractivity contribution in [3.8, 4) is 0 Å². The van der Waals surface area contributed by atoms with E-state index in [4.69, 9.17) is 0 Å². The lowest BCUT2D eigenvalue weighted by Crippen LogP contribution is -2.39. The van der Waals surface area contributed by atoms with Crippen LogP contribution in [0.2, 0.25) is 0 Å². The normalized spacial score (nSPS) is 27.1. The van der Waals surface area contributed by atoms with Crippen LogP contribution < -0.4 is 5.32 Å². The number of hydrogen-bond donors (Lipinski definition) is 1. The highest BCUT2D eigenvalue weighted by molar-refractivity contribution is 7.99. The SMILES string of the molecule is O=C(NCCN1CCSCC1)C1=CC=C2C1=CC1=CC12. The van der Waals surface area contributed by atoms with Gasteiger partial charge in [0.2, 0.25) is 0 Å². The van der Waals surface area contributed by atoms with Gasteiger partial charge in [-0.1, -0.05) is 12.2 Å². The number of fused-ring (bicyclic) bond motifs is 3. The zero-order valence-electron chi connectivity index (χ0n) is 11.4. The number of carbonyl (C=O) groups excluding carboxylic acids is 1. The fraction of sp³-hybridized carbons (Fsp3) is 0.438. The molecule has 1 unspecified atom stereocenters. The van der Waals surface area contributed by atoms with Crippen molar-refractivity contribution in [2.24, 2.45) is 5.92 Å². The van der Waals surface area contributed by atoms with Crippen LogP contribution >= 0.6 is 11.8 Å². The van der Waals surface area contributed by atoms with Crippen molar-refractivity contribution in [2.75, 3.05) is 37.7 Å². The molecule has 4 heteroatoms. The zero-order chi connectivity index (χ0) is 13.5. The van der Waals surface area contributed by atoms with Crippen molar-refractivity contribution in [3.63, 3.8) is 0 Å². The van der Waals surface area contributed by atoms with E-state index in [0.29, 0.717) is 5.92 Å². The third kappa shape index (κ3) is 2.17. The Morgan fingerprint density at radius 1 is 1.35 bits per heavy atom. The molecule has 0 aromatic carbocycles. The molecule has 1 aliphatic heterocycles. The van der Waals surface area contributed by atoms with Gasteiger partial charge in [0.05, 0.1) is 0 Å². The van der Waals surface area contributed by atoms with Crippen molar-refractivity contribution in [3.05, 3.63) is 46.6 Å². The van der Waals surface area contributed by atoms with Crippen LogP contribution in [-0.4, -0.2) is 48.5 Å². The Morgan fingerprint density at radius 3 is 3.05 bits per heavy atom. The summed E-state index contributed by atoms with van der Waals surface area (Å²) >= 11 is 2.02. The largest absolute Gasteiger partial charge is 0.351 e. The second kappa shape index (κ2) is 4.93. The summed E-state index contributed by atoms with van der Waals surface area (Å²) in [7, 11) is 0. The highest BCUT2D eigenvalue weighted by Gasteiger charge is 2.39. The maximum Gasteiger partial charge on any atom is 0.251 e. The minimum absolute atomic E-state index is 0.0794. The number of thioether (sulfide) groups is 1. The zero-order valence-corrected chi connectivity index (χ0v) is 12.2. The Hall–Kier alpha value is -1.26. The molecule has 0 spiro atoms. The smallest absolute Gasteiger partial charge is 0.251 e. The molecule has 3 nitrogen and oxygen atoms in total. The van der Waals surface area contributed by atoms with Crippen LogP contribution in [0.5, 0.6) is 0 Å².